The van der Waals surface area contributed by atoms with Crippen LogP contribution in [0.4, 0.5) is 0 Å². The smallest absolute Gasteiger partial charge is 0.292 e. The van der Waals surface area contributed by atoms with Gasteiger partial charge in [0, 0.05) is 12.2 Å². The molecule has 0 aromatic heterocycles. The fourth-order valence-electron chi connectivity index (χ4n) is 2.69. The van der Waals surface area contributed by atoms with Crippen molar-refractivity contribution in [3.8, 4) is 0 Å². The molecule has 1 aromatic carbocycles. The average Bonchev–Trinajstić information content (AvgIpc) is 2.33. The van der Waals surface area contributed by atoms with Crippen molar-refractivity contribution >= 4 is 5.91 Å². The van der Waals surface area contributed by atoms with Crippen LogP contribution < -0.4 is 5.32 Å². The Labute approximate surface area is 112 Å². The number of aryl methyl sites for hydroxylation is 1. The summed E-state index contributed by atoms with van der Waals surface area (Å²) in [7, 11) is 0. The van der Waals surface area contributed by atoms with Gasteiger partial charge in [0.2, 0.25) is 0 Å². The van der Waals surface area contributed by atoms with Crippen LogP contribution in [0.25, 0.3) is 0 Å². The summed E-state index contributed by atoms with van der Waals surface area (Å²) in [6.45, 7) is 2.04. The number of aliphatic hydroxyl groups excluding tert-OH is 1. The SMILES string of the molecule is Cc1cccc(C2NC=C(O)C(=O)N2C2CCC2)c1. The molecule has 0 radical (unpaired) electrons. The minimum absolute atomic E-state index is 0.173. The van der Waals surface area contributed by atoms with Gasteiger partial charge in [0.15, 0.2) is 5.76 Å². The number of carbonyl (C=O) groups excluding carboxylic acids is 1. The first-order chi connectivity index (χ1) is 9.16. The van der Waals surface area contributed by atoms with Gasteiger partial charge < -0.3 is 15.3 Å². The van der Waals surface area contributed by atoms with Gasteiger partial charge >= 0.3 is 0 Å². The largest absolute Gasteiger partial charge is 0.502 e. The summed E-state index contributed by atoms with van der Waals surface area (Å²) in [5.74, 6) is -0.467. The third-order valence-electron chi connectivity index (χ3n) is 3.94. The Kier molecular flexibility index (Phi) is 2.93. The van der Waals surface area contributed by atoms with Crippen LogP contribution >= 0.6 is 0 Å². The summed E-state index contributed by atoms with van der Waals surface area (Å²) >= 11 is 0. The minimum Gasteiger partial charge on any atom is -0.502 e. The number of amides is 1. The Balaban J connectivity index is 1.96. The molecule has 4 heteroatoms. The zero-order chi connectivity index (χ0) is 13.4. The number of carbonyl (C=O) groups is 1. The Morgan fingerprint density at radius 2 is 2.16 bits per heavy atom. The summed E-state index contributed by atoms with van der Waals surface area (Å²) in [6.07, 6.45) is 4.42. The molecule has 0 bridgehead atoms. The lowest BCUT2D eigenvalue weighted by molar-refractivity contribution is -0.139. The average molecular weight is 258 g/mol. The number of aliphatic hydroxyl groups is 1. The van der Waals surface area contributed by atoms with Gasteiger partial charge in [-0.2, -0.15) is 0 Å². The quantitative estimate of drug-likeness (QED) is 0.856. The van der Waals surface area contributed by atoms with Gasteiger partial charge in [-0.05, 0) is 31.7 Å². The van der Waals surface area contributed by atoms with E-state index in [0.717, 1.165) is 24.8 Å². The second kappa shape index (κ2) is 4.61. The molecule has 1 aliphatic heterocycles. The zero-order valence-corrected chi connectivity index (χ0v) is 11.0. The number of rotatable bonds is 2. The minimum atomic E-state index is -0.269. The number of hydrogen-bond donors (Lipinski definition) is 2. The van der Waals surface area contributed by atoms with Crippen LogP contribution in [0.2, 0.25) is 0 Å². The van der Waals surface area contributed by atoms with Crippen molar-refractivity contribution in [2.75, 3.05) is 0 Å². The van der Waals surface area contributed by atoms with Crippen LogP contribution in [0, 0.1) is 6.92 Å². The lowest BCUT2D eigenvalue weighted by atomic mass is 9.89. The first-order valence-electron chi connectivity index (χ1n) is 6.71. The maximum atomic E-state index is 12.2. The second-order valence-electron chi connectivity index (χ2n) is 5.31. The van der Waals surface area contributed by atoms with E-state index in [2.05, 4.69) is 11.4 Å². The molecule has 0 saturated heterocycles. The molecule has 1 aromatic rings. The van der Waals surface area contributed by atoms with E-state index in [1.807, 2.05) is 25.1 Å². The van der Waals surface area contributed by atoms with Gasteiger partial charge in [0.1, 0.15) is 6.17 Å². The zero-order valence-electron chi connectivity index (χ0n) is 11.0. The monoisotopic (exact) mass is 258 g/mol. The predicted octanol–water partition coefficient (Wildman–Crippen LogP) is 2.38. The highest BCUT2D eigenvalue weighted by atomic mass is 16.3. The van der Waals surface area contributed by atoms with E-state index in [0.29, 0.717) is 0 Å². The maximum absolute atomic E-state index is 12.2. The highest BCUT2D eigenvalue weighted by Gasteiger charge is 2.38. The first kappa shape index (κ1) is 12.1. The molecule has 19 heavy (non-hydrogen) atoms. The van der Waals surface area contributed by atoms with Gasteiger partial charge in [0.05, 0.1) is 0 Å². The van der Waals surface area contributed by atoms with E-state index in [9.17, 15) is 9.90 Å². The van der Waals surface area contributed by atoms with Crippen LogP contribution in [-0.2, 0) is 4.79 Å². The fraction of sp³-hybridized carbons (Fsp3) is 0.400. The summed E-state index contributed by atoms with van der Waals surface area (Å²) in [5, 5.41) is 12.8. The summed E-state index contributed by atoms with van der Waals surface area (Å²) in [6, 6.07) is 8.36. The molecule has 0 spiro atoms. The molecule has 100 valence electrons. The summed E-state index contributed by atoms with van der Waals surface area (Å²) in [5.41, 5.74) is 2.23. The number of nitrogens with one attached hydrogen (secondary N) is 1. The molecule has 1 amide bonds. The van der Waals surface area contributed by atoms with Crippen LogP contribution in [0.15, 0.2) is 36.2 Å². The highest BCUT2D eigenvalue weighted by Crippen LogP contribution is 2.34. The van der Waals surface area contributed by atoms with Gasteiger partial charge in [-0.15, -0.1) is 0 Å². The highest BCUT2D eigenvalue weighted by molar-refractivity contribution is 5.92. The Morgan fingerprint density at radius 3 is 2.79 bits per heavy atom. The third-order valence-corrected chi connectivity index (χ3v) is 3.94. The number of nitrogens with zero attached hydrogens (tertiary/aromatic N) is 1. The molecule has 1 saturated carbocycles. The molecule has 4 nitrogen and oxygen atoms in total. The molecule has 1 aliphatic carbocycles. The maximum Gasteiger partial charge on any atom is 0.292 e. The van der Waals surface area contributed by atoms with Gasteiger partial charge in [0.25, 0.3) is 5.91 Å². The van der Waals surface area contributed by atoms with Crippen molar-refractivity contribution in [1.82, 2.24) is 10.2 Å². The molecule has 1 fully saturated rings. The molecule has 2 aliphatic rings. The molecule has 1 atom stereocenters. The van der Waals surface area contributed by atoms with Crippen molar-refractivity contribution in [2.24, 2.45) is 0 Å². The van der Waals surface area contributed by atoms with Crippen LogP contribution in [0.5, 0.6) is 0 Å². The molecule has 1 heterocycles. The van der Waals surface area contributed by atoms with E-state index in [1.54, 1.807) is 4.90 Å². The first-order valence-corrected chi connectivity index (χ1v) is 6.71. The van der Waals surface area contributed by atoms with E-state index in [1.165, 1.54) is 11.8 Å². The van der Waals surface area contributed by atoms with Gasteiger partial charge in [-0.25, -0.2) is 0 Å². The standard InChI is InChI=1S/C15H18N2O2/c1-10-4-2-5-11(8-10)14-16-9-13(18)15(19)17(14)12-6-3-7-12/h2,4-5,8-9,12,14,16,18H,3,6-7H2,1H3. The van der Waals surface area contributed by atoms with Crippen LogP contribution in [0.3, 0.4) is 0 Å². The predicted molar refractivity (Wildman–Crippen MR) is 72.3 cm³/mol. The number of hydrogen-bond acceptors (Lipinski definition) is 3. The van der Waals surface area contributed by atoms with Crippen molar-refractivity contribution in [2.45, 2.75) is 38.4 Å². The third kappa shape index (κ3) is 2.07. The van der Waals surface area contributed by atoms with E-state index in [4.69, 9.17) is 0 Å². The van der Waals surface area contributed by atoms with Crippen molar-refractivity contribution in [1.29, 1.82) is 0 Å². The molecule has 3 rings (SSSR count). The topological polar surface area (TPSA) is 52.6 Å². The summed E-state index contributed by atoms with van der Waals surface area (Å²) < 4.78 is 0. The van der Waals surface area contributed by atoms with Crippen LogP contribution in [0.1, 0.15) is 36.6 Å². The molecule has 2 N–H and O–H groups in total. The van der Waals surface area contributed by atoms with E-state index < -0.39 is 0 Å². The lowest BCUT2D eigenvalue weighted by Crippen LogP contribution is -2.52. The second-order valence-corrected chi connectivity index (χ2v) is 5.31. The normalized spacial score (nSPS) is 23.6. The molecule has 1 unspecified atom stereocenters. The lowest BCUT2D eigenvalue weighted by Gasteiger charge is -2.44. The van der Waals surface area contributed by atoms with Crippen molar-refractivity contribution < 1.29 is 9.90 Å². The Bertz CT molecular complexity index is 535. The van der Waals surface area contributed by atoms with E-state index >= 15 is 0 Å². The Hall–Kier alpha value is -1.97. The molecular formula is C15H18N2O2. The fourth-order valence-corrected chi connectivity index (χ4v) is 2.69. The Morgan fingerprint density at radius 1 is 1.37 bits per heavy atom. The van der Waals surface area contributed by atoms with Crippen molar-refractivity contribution in [3.05, 3.63) is 47.4 Å². The summed E-state index contributed by atoms with van der Waals surface area (Å²) in [4.78, 5) is 14.0. The van der Waals surface area contributed by atoms with Gasteiger partial charge in [-0.3, -0.25) is 4.79 Å². The van der Waals surface area contributed by atoms with Crippen molar-refractivity contribution in [3.63, 3.8) is 0 Å². The molecular weight excluding hydrogens is 240 g/mol. The van der Waals surface area contributed by atoms with Crippen LogP contribution in [-0.4, -0.2) is 22.0 Å². The van der Waals surface area contributed by atoms with Gasteiger partial charge in [-0.1, -0.05) is 29.8 Å². The number of benzene rings is 1. The van der Waals surface area contributed by atoms with E-state index in [-0.39, 0.29) is 23.9 Å².